The van der Waals surface area contributed by atoms with E-state index in [1.165, 1.54) is 4.90 Å². The first kappa shape index (κ1) is 15.3. The van der Waals surface area contributed by atoms with Crippen LogP contribution in [-0.4, -0.2) is 34.8 Å². The third-order valence-electron chi connectivity index (χ3n) is 3.54. The van der Waals surface area contributed by atoms with Crippen LogP contribution in [0.3, 0.4) is 0 Å². The molecule has 8 heteroatoms. The van der Waals surface area contributed by atoms with Crippen LogP contribution in [-0.2, 0) is 11.0 Å². The lowest BCUT2D eigenvalue weighted by atomic mass is 9.95. The summed E-state index contributed by atoms with van der Waals surface area (Å²) >= 11 is 0. The van der Waals surface area contributed by atoms with Gasteiger partial charge in [-0.2, -0.15) is 13.2 Å². The number of nitrogens with zero attached hydrogens (tertiary/aromatic N) is 2. The molecule has 5 nitrogen and oxygen atoms in total. The normalized spacial score (nSPS) is 16.8. The van der Waals surface area contributed by atoms with Crippen molar-refractivity contribution >= 4 is 11.8 Å². The molecular weight excluding hydrogens is 287 g/mol. The highest BCUT2D eigenvalue weighted by Crippen LogP contribution is 2.32. The largest absolute Gasteiger partial charge is 0.417 e. The molecule has 1 aliphatic heterocycles. The molecule has 1 aromatic heterocycles. The lowest BCUT2D eigenvalue weighted by Crippen LogP contribution is -2.42. The van der Waals surface area contributed by atoms with E-state index in [0.717, 1.165) is 18.5 Å². The molecular formula is C13H14F3N3O2. The van der Waals surface area contributed by atoms with E-state index >= 15 is 0 Å². The molecule has 1 fully saturated rings. The monoisotopic (exact) mass is 301 g/mol. The first-order valence-electron chi connectivity index (χ1n) is 6.40. The second kappa shape index (κ2) is 5.71. The number of rotatable bonds is 2. The summed E-state index contributed by atoms with van der Waals surface area (Å²) < 4.78 is 38.7. The Labute approximate surface area is 118 Å². The van der Waals surface area contributed by atoms with Crippen LogP contribution in [0.1, 0.15) is 28.8 Å². The Balaban J connectivity index is 2.17. The molecule has 0 radical (unpaired) electrons. The lowest BCUT2D eigenvalue weighted by Gasteiger charge is -2.31. The van der Waals surface area contributed by atoms with Gasteiger partial charge < -0.3 is 10.6 Å². The van der Waals surface area contributed by atoms with Gasteiger partial charge >= 0.3 is 6.18 Å². The number of likely N-dealkylation sites (tertiary alicyclic amines) is 1. The van der Waals surface area contributed by atoms with Crippen LogP contribution >= 0.6 is 0 Å². The maximum atomic E-state index is 12.9. The van der Waals surface area contributed by atoms with E-state index in [1.54, 1.807) is 0 Å². The Morgan fingerprint density at radius 1 is 1.29 bits per heavy atom. The zero-order valence-corrected chi connectivity index (χ0v) is 11.1. The Morgan fingerprint density at radius 2 is 1.90 bits per heavy atom. The van der Waals surface area contributed by atoms with Gasteiger partial charge in [-0.05, 0) is 18.9 Å². The minimum absolute atomic E-state index is 0.207. The Hall–Kier alpha value is -2.12. The number of primary amides is 1. The van der Waals surface area contributed by atoms with Gasteiger partial charge in [0.15, 0.2) is 0 Å². The number of carbonyl (C=O) groups excluding carboxylic acids is 2. The molecule has 1 aliphatic rings. The average molecular weight is 301 g/mol. The van der Waals surface area contributed by atoms with Gasteiger partial charge in [-0.25, -0.2) is 0 Å². The summed E-state index contributed by atoms with van der Waals surface area (Å²) in [5.41, 5.74) is 3.71. The van der Waals surface area contributed by atoms with E-state index in [1.807, 2.05) is 0 Å². The van der Waals surface area contributed by atoms with Crippen molar-refractivity contribution in [3.8, 4) is 0 Å². The van der Waals surface area contributed by atoms with Gasteiger partial charge in [-0.3, -0.25) is 14.6 Å². The zero-order valence-electron chi connectivity index (χ0n) is 11.1. The van der Waals surface area contributed by atoms with Crippen molar-refractivity contribution < 1.29 is 22.8 Å². The van der Waals surface area contributed by atoms with Crippen molar-refractivity contribution in [2.45, 2.75) is 19.0 Å². The van der Waals surface area contributed by atoms with E-state index in [9.17, 15) is 22.8 Å². The molecule has 0 spiro atoms. The first-order chi connectivity index (χ1) is 9.80. The van der Waals surface area contributed by atoms with Gasteiger partial charge in [0, 0.05) is 31.4 Å². The van der Waals surface area contributed by atoms with Crippen molar-refractivity contribution in [3.05, 3.63) is 29.6 Å². The summed E-state index contributed by atoms with van der Waals surface area (Å²) in [5.74, 6) is -1.50. The highest BCUT2D eigenvalue weighted by Gasteiger charge is 2.37. The van der Waals surface area contributed by atoms with Gasteiger partial charge in [0.05, 0.1) is 11.1 Å². The molecule has 1 saturated heterocycles. The highest BCUT2D eigenvalue weighted by molar-refractivity contribution is 5.95. The number of halogens is 3. The summed E-state index contributed by atoms with van der Waals surface area (Å²) in [4.78, 5) is 28.2. The number of nitrogens with two attached hydrogens (primary N) is 1. The van der Waals surface area contributed by atoms with Crippen molar-refractivity contribution in [2.75, 3.05) is 13.1 Å². The van der Waals surface area contributed by atoms with E-state index in [2.05, 4.69) is 4.98 Å². The van der Waals surface area contributed by atoms with Gasteiger partial charge in [-0.1, -0.05) is 0 Å². The number of carbonyl (C=O) groups is 2. The van der Waals surface area contributed by atoms with Crippen LogP contribution in [0.4, 0.5) is 13.2 Å². The minimum atomic E-state index is -4.61. The predicted molar refractivity (Wildman–Crippen MR) is 67.1 cm³/mol. The first-order valence-corrected chi connectivity index (χ1v) is 6.40. The minimum Gasteiger partial charge on any atom is -0.369 e. The van der Waals surface area contributed by atoms with E-state index < -0.39 is 29.1 Å². The Bertz CT molecular complexity index is 552. The number of piperidine rings is 1. The number of aromatic nitrogens is 1. The topological polar surface area (TPSA) is 76.3 Å². The van der Waals surface area contributed by atoms with Crippen LogP contribution < -0.4 is 5.73 Å². The molecule has 2 rings (SSSR count). The van der Waals surface area contributed by atoms with Gasteiger partial charge in [0.2, 0.25) is 5.91 Å². The quantitative estimate of drug-likeness (QED) is 0.898. The lowest BCUT2D eigenvalue weighted by molar-refractivity contribution is -0.138. The second-order valence-corrected chi connectivity index (χ2v) is 4.89. The van der Waals surface area contributed by atoms with Crippen molar-refractivity contribution in [1.82, 2.24) is 9.88 Å². The van der Waals surface area contributed by atoms with Crippen LogP contribution in [0.15, 0.2) is 18.5 Å². The SMILES string of the molecule is NC(=O)C1CCN(C(=O)c2cnccc2C(F)(F)F)CC1. The summed E-state index contributed by atoms with van der Waals surface area (Å²) in [5, 5.41) is 0. The smallest absolute Gasteiger partial charge is 0.369 e. The molecule has 2 N–H and O–H groups in total. The van der Waals surface area contributed by atoms with Gasteiger partial charge in [0.1, 0.15) is 0 Å². The molecule has 114 valence electrons. The number of amides is 2. The van der Waals surface area contributed by atoms with E-state index in [4.69, 9.17) is 5.73 Å². The van der Waals surface area contributed by atoms with Crippen LogP contribution in [0, 0.1) is 5.92 Å². The maximum absolute atomic E-state index is 12.9. The summed E-state index contributed by atoms with van der Waals surface area (Å²) in [6, 6.07) is 0.781. The number of alkyl halides is 3. The Kier molecular flexibility index (Phi) is 4.15. The predicted octanol–water partition coefficient (Wildman–Crippen LogP) is 1.44. The molecule has 0 saturated carbocycles. The molecule has 0 aromatic carbocycles. The van der Waals surface area contributed by atoms with Crippen LogP contribution in [0.2, 0.25) is 0 Å². The molecule has 0 atom stereocenters. The molecule has 2 amide bonds. The third-order valence-corrected chi connectivity index (χ3v) is 3.54. The maximum Gasteiger partial charge on any atom is 0.417 e. The number of hydrogen-bond acceptors (Lipinski definition) is 3. The van der Waals surface area contributed by atoms with Gasteiger partial charge in [0.25, 0.3) is 5.91 Å². The molecule has 0 bridgehead atoms. The van der Waals surface area contributed by atoms with Gasteiger partial charge in [-0.15, -0.1) is 0 Å². The Morgan fingerprint density at radius 3 is 2.43 bits per heavy atom. The summed E-state index contributed by atoms with van der Waals surface area (Å²) in [6.07, 6.45) is -1.96. The molecule has 2 heterocycles. The zero-order chi connectivity index (χ0) is 15.6. The fourth-order valence-corrected chi connectivity index (χ4v) is 2.35. The van der Waals surface area contributed by atoms with E-state index in [-0.39, 0.29) is 19.0 Å². The van der Waals surface area contributed by atoms with Crippen molar-refractivity contribution in [1.29, 1.82) is 0 Å². The number of pyridine rings is 1. The summed E-state index contributed by atoms with van der Waals surface area (Å²) in [6.45, 7) is 0.414. The second-order valence-electron chi connectivity index (χ2n) is 4.89. The third kappa shape index (κ3) is 3.32. The number of hydrogen-bond donors (Lipinski definition) is 1. The summed E-state index contributed by atoms with van der Waals surface area (Å²) in [7, 11) is 0. The molecule has 0 unspecified atom stereocenters. The fraction of sp³-hybridized carbons (Fsp3) is 0.462. The van der Waals surface area contributed by atoms with Crippen LogP contribution in [0.5, 0.6) is 0 Å². The molecule has 1 aromatic rings. The highest BCUT2D eigenvalue weighted by atomic mass is 19.4. The standard InChI is InChI=1S/C13H14F3N3O2/c14-13(15,16)10-1-4-18-7-9(10)12(21)19-5-2-8(3-6-19)11(17)20/h1,4,7-8H,2-3,5-6H2,(H2,17,20). The molecule has 0 aliphatic carbocycles. The van der Waals surface area contributed by atoms with E-state index in [0.29, 0.717) is 12.8 Å². The fourth-order valence-electron chi connectivity index (χ4n) is 2.35. The van der Waals surface area contributed by atoms with Crippen molar-refractivity contribution in [3.63, 3.8) is 0 Å². The average Bonchev–Trinajstić information content (AvgIpc) is 2.45. The van der Waals surface area contributed by atoms with Crippen LogP contribution in [0.25, 0.3) is 0 Å². The van der Waals surface area contributed by atoms with Crippen molar-refractivity contribution in [2.24, 2.45) is 11.7 Å². The molecule has 21 heavy (non-hydrogen) atoms.